The second-order valence-electron chi connectivity index (χ2n) is 8.60. The van der Waals surface area contributed by atoms with Crippen molar-refractivity contribution in [1.29, 1.82) is 0 Å². The molecule has 0 aromatic heterocycles. The third-order valence-corrected chi connectivity index (χ3v) is 5.87. The van der Waals surface area contributed by atoms with Crippen molar-refractivity contribution < 1.29 is 38.0 Å². The zero-order valence-corrected chi connectivity index (χ0v) is 21.8. The molecule has 0 spiro atoms. The van der Waals surface area contributed by atoms with Crippen LogP contribution >= 0.6 is 23.2 Å². The normalized spacial score (nSPS) is 17.9. The summed E-state index contributed by atoms with van der Waals surface area (Å²) in [5.41, 5.74) is -1.81. The van der Waals surface area contributed by atoms with E-state index in [1.54, 1.807) is 0 Å². The molecule has 0 saturated carbocycles. The summed E-state index contributed by atoms with van der Waals surface area (Å²) < 4.78 is 15.8. The summed E-state index contributed by atoms with van der Waals surface area (Å²) in [5, 5.41) is 7.98. The van der Waals surface area contributed by atoms with E-state index in [-0.39, 0.29) is 16.5 Å². The van der Waals surface area contributed by atoms with E-state index in [2.05, 4.69) is 20.7 Å². The van der Waals surface area contributed by atoms with Gasteiger partial charge in [0.25, 0.3) is 5.91 Å². The van der Waals surface area contributed by atoms with Gasteiger partial charge in [-0.25, -0.2) is 0 Å². The number of halogens is 2. The number of esters is 1. The molecule has 1 aliphatic rings. The number of benzene rings is 1. The molecule has 2 atom stereocenters. The van der Waals surface area contributed by atoms with Crippen LogP contribution in [0.1, 0.15) is 43.5 Å². The van der Waals surface area contributed by atoms with E-state index in [0.717, 1.165) is 7.11 Å². The van der Waals surface area contributed by atoms with E-state index < -0.39 is 67.7 Å². The number of methoxy groups -OCH3 is 1. The van der Waals surface area contributed by atoms with E-state index in [9.17, 15) is 24.0 Å². The van der Waals surface area contributed by atoms with Gasteiger partial charge in [-0.1, -0.05) is 37.0 Å². The van der Waals surface area contributed by atoms with Crippen molar-refractivity contribution >= 4 is 60.0 Å². The maximum atomic E-state index is 12.8. The first-order valence-electron chi connectivity index (χ1n) is 11.1. The van der Waals surface area contributed by atoms with Crippen LogP contribution in [0.4, 0.5) is 0 Å². The predicted octanol–water partition coefficient (Wildman–Crippen LogP) is 1.29. The monoisotopic (exact) mass is 543 g/mol. The fraction of sp³-hybridized carbons (Fsp3) is 0.500. The van der Waals surface area contributed by atoms with Crippen molar-refractivity contribution in [3.8, 4) is 0 Å². The van der Waals surface area contributed by atoms with Crippen LogP contribution in [-0.4, -0.2) is 69.0 Å². The summed E-state index contributed by atoms with van der Waals surface area (Å²) in [7, 11) is 1.23. The zero-order chi connectivity index (χ0) is 27.0. The highest BCUT2D eigenvalue weighted by Crippen LogP contribution is 2.32. The number of hydrogen-bond acceptors (Lipinski definition) is 8. The van der Waals surface area contributed by atoms with Gasteiger partial charge < -0.3 is 30.0 Å². The van der Waals surface area contributed by atoms with Gasteiger partial charge in [-0.3, -0.25) is 24.0 Å². The Bertz CT molecular complexity index is 1010. The average Bonchev–Trinajstić information content (AvgIpc) is 3.13. The Balaban J connectivity index is 2.13. The molecule has 11 nitrogen and oxygen atoms in total. The fourth-order valence-corrected chi connectivity index (χ4v) is 3.92. The molecule has 36 heavy (non-hydrogen) atoms. The van der Waals surface area contributed by atoms with Crippen LogP contribution in [0, 0.1) is 5.92 Å². The summed E-state index contributed by atoms with van der Waals surface area (Å²) >= 11 is 11.9. The molecule has 1 aliphatic heterocycles. The largest absolute Gasteiger partial charge is 0.552 e. The second-order valence-corrected chi connectivity index (χ2v) is 9.44. The Morgan fingerprint density at radius 1 is 1.14 bits per heavy atom. The minimum absolute atomic E-state index is 0.0343. The van der Waals surface area contributed by atoms with Gasteiger partial charge in [0.2, 0.25) is 11.8 Å². The van der Waals surface area contributed by atoms with Gasteiger partial charge in [-0.15, -0.1) is 0 Å². The van der Waals surface area contributed by atoms with Gasteiger partial charge in [0, 0.05) is 12.1 Å². The molecule has 1 heterocycles. The van der Waals surface area contributed by atoms with Crippen molar-refractivity contribution in [3.05, 3.63) is 33.8 Å². The lowest BCUT2D eigenvalue weighted by Crippen LogP contribution is -2.52. The molecule has 14 heteroatoms. The van der Waals surface area contributed by atoms with E-state index in [1.807, 2.05) is 13.8 Å². The predicted molar refractivity (Wildman–Crippen MR) is 131 cm³/mol. The number of hydrogen-bond donors (Lipinski definition) is 3. The molecular formula is C22H28BCl2N3O8. The smallest absolute Gasteiger partial charge is 0.506 e. The molecule has 1 saturated heterocycles. The van der Waals surface area contributed by atoms with Crippen LogP contribution in [0.25, 0.3) is 0 Å². The van der Waals surface area contributed by atoms with Crippen LogP contribution < -0.4 is 16.0 Å². The number of carbonyl (C=O) groups excluding carboxylic acids is 5. The lowest BCUT2D eigenvalue weighted by atomic mass is 9.74. The van der Waals surface area contributed by atoms with Gasteiger partial charge >= 0.3 is 19.1 Å². The fourth-order valence-electron chi connectivity index (χ4n) is 3.55. The molecule has 196 valence electrons. The maximum absolute atomic E-state index is 12.8. The Hall–Kier alpha value is -2.83. The van der Waals surface area contributed by atoms with E-state index in [1.165, 1.54) is 25.2 Å². The number of carbonyl (C=O) groups is 5. The standard InChI is InChI=1S/C22H28BCl2N3O8/c1-12(2)7-16(28-18(30)11-27-20(32)14-8-13(24)5-6-15(14)25)23-35-21(33)22(36-23,9-17(29)26-3)10-19(31)34-4/h5-6,8,12,16H,7,9-11H2,1-4H3,(H,26,29)(H,27,32)(H,28,30)/t16-,22-/m0/s1. The summed E-state index contributed by atoms with van der Waals surface area (Å²) in [4.78, 5) is 61.9. The number of nitrogens with one attached hydrogen (secondary N) is 3. The Labute approximate surface area is 219 Å². The first kappa shape index (κ1) is 29.4. The summed E-state index contributed by atoms with van der Waals surface area (Å²) in [6.07, 6.45) is -0.705. The molecule has 0 aliphatic carbocycles. The quantitative estimate of drug-likeness (QED) is 0.279. The number of rotatable bonds is 11. The molecule has 0 radical (unpaired) electrons. The average molecular weight is 544 g/mol. The Morgan fingerprint density at radius 2 is 1.83 bits per heavy atom. The second kappa shape index (κ2) is 12.9. The molecule has 1 fully saturated rings. The van der Waals surface area contributed by atoms with Crippen molar-refractivity contribution in [2.45, 2.75) is 44.7 Å². The number of ether oxygens (including phenoxy) is 1. The van der Waals surface area contributed by atoms with Crippen molar-refractivity contribution in [2.75, 3.05) is 20.7 Å². The third kappa shape index (κ3) is 7.84. The summed E-state index contributed by atoms with van der Waals surface area (Å²) in [6.45, 7) is 3.35. The van der Waals surface area contributed by atoms with Crippen molar-refractivity contribution in [1.82, 2.24) is 16.0 Å². The van der Waals surface area contributed by atoms with Gasteiger partial charge in [0.05, 0.1) is 43.0 Å². The van der Waals surface area contributed by atoms with E-state index >= 15 is 0 Å². The lowest BCUT2D eigenvalue weighted by molar-refractivity contribution is -0.156. The third-order valence-electron chi connectivity index (χ3n) is 5.30. The van der Waals surface area contributed by atoms with Crippen molar-refractivity contribution in [2.24, 2.45) is 5.92 Å². The molecule has 3 amide bonds. The topological polar surface area (TPSA) is 149 Å². The first-order chi connectivity index (χ1) is 16.9. The van der Waals surface area contributed by atoms with E-state index in [4.69, 9.17) is 32.5 Å². The highest BCUT2D eigenvalue weighted by atomic mass is 35.5. The minimum atomic E-state index is -1.91. The van der Waals surface area contributed by atoms with Crippen LogP contribution in [0.3, 0.4) is 0 Å². The molecule has 1 aromatic rings. The zero-order valence-electron chi connectivity index (χ0n) is 20.3. The summed E-state index contributed by atoms with van der Waals surface area (Å²) in [6, 6.07) is 4.36. The highest BCUT2D eigenvalue weighted by Gasteiger charge is 2.57. The Kier molecular flexibility index (Phi) is 10.6. The van der Waals surface area contributed by atoms with E-state index in [0.29, 0.717) is 11.4 Å². The maximum Gasteiger partial charge on any atom is 0.552 e. The lowest BCUT2D eigenvalue weighted by Gasteiger charge is -2.25. The van der Waals surface area contributed by atoms with Gasteiger partial charge in [-0.2, -0.15) is 0 Å². The van der Waals surface area contributed by atoms with Crippen LogP contribution in [0.5, 0.6) is 0 Å². The van der Waals surface area contributed by atoms with Gasteiger partial charge in [0.1, 0.15) is 0 Å². The summed E-state index contributed by atoms with van der Waals surface area (Å²) in [5.74, 6) is -4.25. The highest BCUT2D eigenvalue weighted by molar-refractivity contribution is 6.51. The Morgan fingerprint density at radius 3 is 2.44 bits per heavy atom. The molecule has 3 N–H and O–H groups in total. The van der Waals surface area contributed by atoms with Gasteiger partial charge in [-0.05, 0) is 30.5 Å². The molecule has 0 bridgehead atoms. The van der Waals surface area contributed by atoms with Gasteiger partial charge in [0.15, 0.2) is 5.60 Å². The number of amides is 3. The molecule has 1 aromatic carbocycles. The minimum Gasteiger partial charge on any atom is -0.506 e. The van der Waals surface area contributed by atoms with Crippen LogP contribution in [-0.2, 0) is 33.2 Å². The van der Waals surface area contributed by atoms with Crippen LogP contribution in [0.15, 0.2) is 18.2 Å². The molecule has 0 unspecified atom stereocenters. The van der Waals surface area contributed by atoms with Crippen molar-refractivity contribution in [3.63, 3.8) is 0 Å². The molecular weight excluding hydrogens is 516 g/mol. The van der Waals surface area contributed by atoms with Crippen LogP contribution in [0.2, 0.25) is 10.0 Å². The molecule has 2 rings (SSSR count). The first-order valence-corrected chi connectivity index (χ1v) is 11.8. The SMILES string of the molecule is CNC(=O)C[C@@]1(CC(=O)OC)OB([C@H](CC(C)C)NC(=O)CNC(=O)c2cc(Cl)ccc2Cl)OC1=O.